The Kier molecular flexibility index (Phi) is 2.69. The van der Waals surface area contributed by atoms with E-state index in [9.17, 15) is 4.79 Å². The topological polar surface area (TPSA) is 29.1 Å². The average molecular weight is 165 g/mol. The van der Waals surface area contributed by atoms with Gasteiger partial charge in [0, 0.05) is 5.70 Å². The van der Waals surface area contributed by atoms with Crippen LogP contribution in [-0.4, -0.2) is 5.91 Å². The molecule has 0 unspecified atom stereocenters. The first-order valence-corrected chi connectivity index (χ1v) is 4.30. The molecule has 0 bridgehead atoms. The van der Waals surface area contributed by atoms with Crippen molar-refractivity contribution in [3.8, 4) is 0 Å². The van der Waals surface area contributed by atoms with E-state index in [1.165, 1.54) is 11.1 Å². The van der Waals surface area contributed by atoms with E-state index < -0.39 is 0 Å². The Morgan fingerprint density at radius 1 is 1.58 bits per heavy atom. The lowest BCUT2D eigenvalue weighted by Gasteiger charge is -1.98. The fourth-order valence-electron chi connectivity index (χ4n) is 1.31. The number of rotatable bonds is 2. The van der Waals surface area contributed by atoms with E-state index in [-0.39, 0.29) is 5.91 Å². The van der Waals surface area contributed by atoms with Crippen molar-refractivity contribution in [2.75, 3.05) is 0 Å². The van der Waals surface area contributed by atoms with Crippen LogP contribution in [0.15, 0.2) is 22.9 Å². The van der Waals surface area contributed by atoms with Gasteiger partial charge in [-0.2, -0.15) is 0 Å². The number of allylic oxidation sites excluding steroid dienone is 2. The molecule has 0 atom stereocenters. The average Bonchev–Trinajstić information content (AvgIpc) is 2.29. The summed E-state index contributed by atoms with van der Waals surface area (Å²) < 4.78 is 0. The molecule has 0 aromatic heterocycles. The van der Waals surface area contributed by atoms with E-state index in [0.717, 1.165) is 12.1 Å². The zero-order valence-corrected chi connectivity index (χ0v) is 7.90. The Hall–Kier alpha value is -1.05. The molecule has 2 heteroatoms. The van der Waals surface area contributed by atoms with Gasteiger partial charge >= 0.3 is 0 Å². The second-order valence-corrected chi connectivity index (χ2v) is 3.32. The second kappa shape index (κ2) is 3.57. The van der Waals surface area contributed by atoms with Crippen LogP contribution in [0.3, 0.4) is 0 Å². The van der Waals surface area contributed by atoms with Crippen molar-refractivity contribution in [1.82, 2.24) is 5.32 Å². The monoisotopic (exact) mass is 165 g/mol. The highest BCUT2D eigenvalue weighted by atomic mass is 16.1. The first-order valence-electron chi connectivity index (χ1n) is 4.30. The first-order chi connectivity index (χ1) is 5.63. The highest BCUT2D eigenvalue weighted by Gasteiger charge is 2.17. The molecular weight excluding hydrogens is 150 g/mol. The van der Waals surface area contributed by atoms with E-state index in [2.05, 4.69) is 12.2 Å². The molecule has 12 heavy (non-hydrogen) atoms. The lowest BCUT2D eigenvalue weighted by atomic mass is 10.1. The molecule has 1 aliphatic heterocycles. The molecule has 0 aromatic rings. The predicted octanol–water partition coefficient (Wildman–Crippen LogP) is 2.14. The van der Waals surface area contributed by atoms with Gasteiger partial charge in [-0.05, 0) is 31.9 Å². The van der Waals surface area contributed by atoms with Crippen LogP contribution < -0.4 is 5.32 Å². The molecule has 1 rings (SSSR count). The number of hydrogen-bond acceptors (Lipinski definition) is 1. The minimum atomic E-state index is 0.124. The summed E-state index contributed by atoms with van der Waals surface area (Å²) in [4.78, 5) is 11.0. The van der Waals surface area contributed by atoms with Crippen molar-refractivity contribution in [1.29, 1.82) is 0 Å². The van der Waals surface area contributed by atoms with Crippen LogP contribution >= 0.6 is 0 Å². The van der Waals surface area contributed by atoms with Crippen LogP contribution in [0.5, 0.6) is 0 Å². The summed E-state index contributed by atoms with van der Waals surface area (Å²) in [6.45, 7) is 6.14. The molecule has 0 aromatic carbocycles. The van der Waals surface area contributed by atoms with Gasteiger partial charge in [-0.25, -0.2) is 0 Å². The summed E-state index contributed by atoms with van der Waals surface area (Å²) in [5.74, 6) is 0.124. The van der Waals surface area contributed by atoms with Crippen LogP contribution in [0.4, 0.5) is 0 Å². The van der Waals surface area contributed by atoms with Crippen molar-refractivity contribution in [3.63, 3.8) is 0 Å². The second-order valence-electron chi connectivity index (χ2n) is 3.32. The number of amides is 1. The van der Waals surface area contributed by atoms with Crippen molar-refractivity contribution >= 4 is 5.91 Å². The number of carbonyl (C=O) groups is 1. The molecule has 0 spiro atoms. The van der Waals surface area contributed by atoms with Crippen LogP contribution in [0, 0.1) is 0 Å². The number of carbonyl (C=O) groups excluding carboxylic acids is 1. The normalized spacial score (nSPS) is 16.4. The van der Waals surface area contributed by atoms with Crippen LogP contribution in [0.1, 0.15) is 33.6 Å². The van der Waals surface area contributed by atoms with Gasteiger partial charge in [-0.15, -0.1) is 0 Å². The van der Waals surface area contributed by atoms with Gasteiger partial charge in [0.2, 0.25) is 5.91 Å². The maximum absolute atomic E-state index is 11.0. The predicted molar refractivity (Wildman–Crippen MR) is 49.5 cm³/mol. The molecule has 0 radical (unpaired) electrons. The van der Waals surface area contributed by atoms with Crippen molar-refractivity contribution in [3.05, 3.63) is 22.9 Å². The standard InChI is InChI=1S/C10H15NO/c1-4-8-6-10(12)11-9(8)5-7(2)3/h5H,4,6H2,1-3H3,(H,11,12). The van der Waals surface area contributed by atoms with Gasteiger partial charge in [0.05, 0.1) is 6.42 Å². The lowest BCUT2D eigenvalue weighted by molar-refractivity contribution is -0.118. The van der Waals surface area contributed by atoms with Gasteiger partial charge in [0.15, 0.2) is 0 Å². The Morgan fingerprint density at radius 2 is 2.25 bits per heavy atom. The van der Waals surface area contributed by atoms with Gasteiger partial charge < -0.3 is 5.32 Å². The zero-order valence-electron chi connectivity index (χ0n) is 7.90. The lowest BCUT2D eigenvalue weighted by Crippen LogP contribution is -2.13. The van der Waals surface area contributed by atoms with Crippen LogP contribution in [0.2, 0.25) is 0 Å². The SMILES string of the molecule is CCC1=C(C=C(C)C)NC(=O)C1. The van der Waals surface area contributed by atoms with Crippen molar-refractivity contribution < 1.29 is 4.79 Å². The first kappa shape index (κ1) is 9.04. The smallest absolute Gasteiger partial charge is 0.228 e. The molecule has 66 valence electrons. The third-order valence-electron chi connectivity index (χ3n) is 1.89. The largest absolute Gasteiger partial charge is 0.326 e. The summed E-state index contributed by atoms with van der Waals surface area (Å²) in [5.41, 5.74) is 3.46. The van der Waals surface area contributed by atoms with Gasteiger partial charge in [-0.1, -0.05) is 12.5 Å². The summed E-state index contributed by atoms with van der Waals surface area (Å²) in [6, 6.07) is 0. The maximum atomic E-state index is 11.0. The quantitative estimate of drug-likeness (QED) is 0.667. The molecule has 0 saturated carbocycles. The molecule has 1 N–H and O–H groups in total. The Labute approximate surface area is 73.4 Å². The van der Waals surface area contributed by atoms with E-state index in [0.29, 0.717) is 6.42 Å². The van der Waals surface area contributed by atoms with Gasteiger partial charge in [-0.3, -0.25) is 4.79 Å². The van der Waals surface area contributed by atoms with E-state index in [1.807, 2.05) is 19.9 Å². The van der Waals surface area contributed by atoms with Crippen molar-refractivity contribution in [2.45, 2.75) is 33.6 Å². The third-order valence-corrected chi connectivity index (χ3v) is 1.89. The maximum Gasteiger partial charge on any atom is 0.228 e. The fourth-order valence-corrected chi connectivity index (χ4v) is 1.31. The molecule has 2 nitrogen and oxygen atoms in total. The molecular formula is C10H15NO. The van der Waals surface area contributed by atoms with Crippen molar-refractivity contribution in [2.24, 2.45) is 0 Å². The highest BCUT2D eigenvalue weighted by Crippen LogP contribution is 2.19. The van der Waals surface area contributed by atoms with Gasteiger partial charge in [0.25, 0.3) is 0 Å². The fraction of sp³-hybridized carbons (Fsp3) is 0.500. The summed E-state index contributed by atoms with van der Waals surface area (Å²) in [6.07, 6.45) is 3.57. The van der Waals surface area contributed by atoms with Crippen LogP contribution in [0.25, 0.3) is 0 Å². The van der Waals surface area contributed by atoms with E-state index in [1.54, 1.807) is 0 Å². The molecule has 0 aliphatic carbocycles. The molecule has 1 heterocycles. The molecule has 1 amide bonds. The summed E-state index contributed by atoms with van der Waals surface area (Å²) in [5, 5.41) is 2.85. The Bertz CT molecular complexity index is 257. The molecule has 1 aliphatic rings. The highest BCUT2D eigenvalue weighted by molar-refractivity contribution is 5.84. The summed E-state index contributed by atoms with van der Waals surface area (Å²) in [7, 11) is 0. The van der Waals surface area contributed by atoms with E-state index >= 15 is 0 Å². The summed E-state index contributed by atoms with van der Waals surface area (Å²) >= 11 is 0. The minimum absolute atomic E-state index is 0.124. The van der Waals surface area contributed by atoms with Crippen LogP contribution in [-0.2, 0) is 4.79 Å². The minimum Gasteiger partial charge on any atom is -0.326 e. The third kappa shape index (κ3) is 1.97. The van der Waals surface area contributed by atoms with Gasteiger partial charge in [0.1, 0.15) is 0 Å². The Morgan fingerprint density at radius 3 is 2.75 bits per heavy atom. The van der Waals surface area contributed by atoms with E-state index in [4.69, 9.17) is 0 Å². The molecule has 0 saturated heterocycles. The number of nitrogens with one attached hydrogen (secondary N) is 1. The Balaban J connectivity index is 2.85. The number of hydrogen-bond donors (Lipinski definition) is 1. The molecule has 0 fully saturated rings. The zero-order chi connectivity index (χ0) is 9.14.